The number of imidazole rings is 1. The highest BCUT2D eigenvalue weighted by Gasteiger charge is 2.34. The first-order chi connectivity index (χ1) is 8.58. The fraction of sp³-hybridized carbons (Fsp3) is 0.500. The van der Waals surface area contributed by atoms with E-state index in [0.717, 1.165) is 35.2 Å². The predicted molar refractivity (Wildman–Crippen MR) is 76.3 cm³/mol. The van der Waals surface area contributed by atoms with Crippen LogP contribution >= 0.6 is 23.2 Å². The third-order valence-electron chi connectivity index (χ3n) is 3.81. The molecule has 2 nitrogen and oxygen atoms in total. The Morgan fingerprint density at radius 1 is 1.50 bits per heavy atom. The maximum absolute atomic E-state index is 6.25. The molecule has 1 aliphatic rings. The molecule has 1 fully saturated rings. The monoisotopic (exact) mass is 282 g/mol. The van der Waals surface area contributed by atoms with Gasteiger partial charge in [0.25, 0.3) is 0 Å². The Morgan fingerprint density at radius 2 is 2.22 bits per heavy atom. The van der Waals surface area contributed by atoms with Crippen LogP contribution in [0.1, 0.15) is 31.5 Å². The fourth-order valence-electron chi connectivity index (χ4n) is 2.51. The van der Waals surface area contributed by atoms with Gasteiger partial charge in [0.05, 0.1) is 15.9 Å². The number of hydrogen-bond donors (Lipinski definition) is 0. The van der Waals surface area contributed by atoms with Crippen molar-refractivity contribution in [3.63, 3.8) is 0 Å². The van der Waals surface area contributed by atoms with Crippen LogP contribution in [0.5, 0.6) is 0 Å². The molecule has 0 radical (unpaired) electrons. The average molecular weight is 283 g/mol. The van der Waals surface area contributed by atoms with E-state index in [4.69, 9.17) is 23.2 Å². The topological polar surface area (TPSA) is 17.8 Å². The molecule has 96 valence electrons. The molecule has 0 amide bonds. The smallest absolute Gasteiger partial charge is 0.127 e. The molecule has 3 rings (SSSR count). The van der Waals surface area contributed by atoms with Crippen molar-refractivity contribution >= 4 is 34.2 Å². The van der Waals surface area contributed by atoms with Crippen molar-refractivity contribution in [2.24, 2.45) is 11.8 Å². The predicted octanol–water partition coefficient (Wildman–Crippen LogP) is 4.65. The van der Waals surface area contributed by atoms with E-state index in [-0.39, 0.29) is 5.38 Å². The van der Waals surface area contributed by atoms with Crippen LogP contribution in [0.4, 0.5) is 0 Å². The van der Waals surface area contributed by atoms with Gasteiger partial charge >= 0.3 is 0 Å². The lowest BCUT2D eigenvalue weighted by Crippen LogP contribution is -2.06. The van der Waals surface area contributed by atoms with Crippen molar-refractivity contribution in [3.8, 4) is 0 Å². The zero-order chi connectivity index (χ0) is 12.9. The maximum Gasteiger partial charge on any atom is 0.127 e. The summed E-state index contributed by atoms with van der Waals surface area (Å²) >= 11 is 12.5. The minimum Gasteiger partial charge on any atom is -0.326 e. The van der Waals surface area contributed by atoms with Gasteiger partial charge in [0, 0.05) is 6.54 Å². The molecule has 18 heavy (non-hydrogen) atoms. The zero-order valence-corrected chi connectivity index (χ0v) is 12.0. The van der Waals surface area contributed by atoms with Crippen LogP contribution in [0, 0.1) is 11.8 Å². The van der Waals surface area contributed by atoms with Gasteiger partial charge in [-0.2, -0.15) is 0 Å². The SMILES string of the molecule is CC(Cl)c1nc2c(Cl)cccc2n1CC1CC1C. The summed E-state index contributed by atoms with van der Waals surface area (Å²) in [4.78, 5) is 4.62. The van der Waals surface area contributed by atoms with Crippen LogP contribution in [-0.2, 0) is 6.54 Å². The van der Waals surface area contributed by atoms with Crippen molar-refractivity contribution in [2.45, 2.75) is 32.2 Å². The molecule has 3 atom stereocenters. The van der Waals surface area contributed by atoms with Gasteiger partial charge in [-0.1, -0.05) is 24.6 Å². The first-order valence-corrected chi connectivity index (χ1v) is 7.18. The third kappa shape index (κ3) is 2.02. The summed E-state index contributed by atoms with van der Waals surface area (Å²) in [5.41, 5.74) is 1.97. The molecule has 1 aromatic carbocycles. The molecule has 1 aliphatic carbocycles. The van der Waals surface area contributed by atoms with E-state index in [1.54, 1.807) is 0 Å². The van der Waals surface area contributed by atoms with Gasteiger partial charge in [-0.3, -0.25) is 0 Å². The van der Waals surface area contributed by atoms with Crippen molar-refractivity contribution in [1.29, 1.82) is 0 Å². The van der Waals surface area contributed by atoms with Crippen molar-refractivity contribution in [1.82, 2.24) is 9.55 Å². The summed E-state index contributed by atoms with van der Waals surface area (Å²) in [5.74, 6) is 2.51. The minimum atomic E-state index is -0.0949. The highest BCUT2D eigenvalue weighted by atomic mass is 35.5. The second kappa shape index (κ2) is 4.43. The number of nitrogens with zero attached hydrogens (tertiary/aromatic N) is 2. The average Bonchev–Trinajstić information content (AvgIpc) is 2.87. The molecule has 4 heteroatoms. The molecule has 0 saturated heterocycles. The van der Waals surface area contributed by atoms with E-state index < -0.39 is 0 Å². The van der Waals surface area contributed by atoms with Crippen molar-refractivity contribution < 1.29 is 0 Å². The standard InChI is InChI=1S/C14H16Cl2N2/c1-8-6-10(8)7-18-12-5-3-4-11(16)13(12)17-14(18)9(2)15/h3-5,8-10H,6-7H2,1-2H3. The summed E-state index contributed by atoms with van der Waals surface area (Å²) in [6.45, 7) is 5.26. The van der Waals surface area contributed by atoms with Gasteiger partial charge in [-0.05, 0) is 37.3 Å². The number of alkyl halides is 1. The van der Waals surface area contributed by atoms with Crippen LogP contribution in [0.15, 0.2) is 18.2 Å². The van der Waals surface area contributed by atoms with Gasteiger partial charge in [0.1, 0.15) is 11.3 Å². The largest absolute Gasteiger partial charge is 0.326 e. The number of rotatable bonds is 3. The molecule has 0 bridgehead atoms. The zero-order valence-electron chi connectivity index (χ0n) is 10.5. The Balaban J connectivity index is 2.12. The number of fused-ring (bicyclic) bond motifs is 1. The molecular weight excluding hydrogens is 267 g/mol. The minimum absolute atomic E-state index is 0.0949. The molecular formula is C14H16Cl2N2. The highest BCUT2D eigenvalue weighted by molar-refractivity contribution is 6.35. The van der Waals surface area contributed by atoms with Crippen LogP contribution < -0.4 is 0 Å². The number of benzene rings is 1. The van der Waals surface area contributed by atoms with E-state index in [2.05, 4.69) is 22.5 Å². The Morgan fingerprint density at radius 3 is 2.83 bits per heavy atom. The Hall–Kier alpha value is -0.730. The maximum atomic E-state index is 6.25. The molecule has 0 N–H and O–H groups in total. The Kier molecular flexibility index (Phi) is 3.03. The first kappa shape index (κ1) is 12.3. The molecule has 1 aromatic heterocycles. The van der Waals surface area contributed by atoms with Crippen LogP contribution in [0.25, 0.3) is 11.0 Å². The van der Waals surface area contributed by atoms with Gasteiger partial charge in [-0.15, -0.1) is 11.6 Å². The molecule has 0 aliphatic heterocycles. The summed E-state index contributed by atoms with van der Waals surface area (Å²) in [7, 11) is 0. The number of aromatic nitrogens is 2. The Bertz CT molecular complexity index is 589. The summed E-state index contributed by atoms with van der Waals surface area (Å²) in [6, 6.07) is 5.93. The lowest BCUT2D eigenvalue weighted by Gasteiger charge is -2.09. The van der Waals surface area contributed by atoms with E-state index in [1.807, 2.05) is 19.1 Å². The molecule has 2 aromatic rings. The molecule has 1 heterocycles. The van der Waals surface area contributed by atoms with E-state index in [9.17, 15) is 0 Å². The Labute approximate surface area is 117 Å². The van der Waals surface area contributed by atoms with Gasteiger partial charge in [0.15, 0.2) is 0 Å². The fourth-order valence-corrected chi connectivity index (χ4v) is 2.89. The summed E-state index contributed by atoms with van der Waals surface area (Å²) < 4.78 is 2.24. The van der Waals surface area contributed by atoms with Crippen molar-refractivity contribution in [3.05, 3.63) is 29.0 Å². The number of halogens is 2. The lowest BCUT2D eigenvalue weighted by molar-refractivity contribution is 0.582. The van der Waals surface area contributed by atoms with E-state index in [0.29, 0.717) is 5.02 Å². The van der Waals surface area contributed by atoms with Crippen LogP contribution in [0.2, 0.25) is 5.02 Å². The van der Waals surface area contributed by atoms with Gasteiger partial charge in [-0.25, -0.2) is 4.98 Å². The lowest BCUT2D eigenvalue weighted by atomic mass is 10.3. The van der Waals surface area contributed by atoms with Crippen LogP contribution in [0.3, 0.4) is 0 Å². The van der Waals surface area contributed by atoms with Gasteiger partial charge < -0.3 is 4.57 Å². The summed E-state index contributed by atoms with van der Waals surface area (Å²) in [6.07, 6.45) is 1.30. The van der Waals surface area contributed by atoms with E-state index >= 15 is 0 Å². The third-order valence-corrected chi connectivity index (χ3v) is 4.31. The second-order valence-electron chi connectivity index (χ2n) is 5.28. The first-order valence-electron chi connectivity index (χ1n) is 6.36. The van der Waals surface area contributed by atoms with E-state index in [1.165, 1.54) is 6.42 Å². The normalized spacial score (nSPS) is 24.4. The quantitative estimate of drug-likeness (QED) is 0.750. The van der Waals surface area contributed by atoms with Gasteiger partial charge in [0.2, 0.25) is 0 Å². The number of hydrogen-bond acceptors (Lipinski definition) is 1. The number of para-hydroxylation sites is 1. The van der Waals surface area contributed by atoms with Crippen LogP contribution in [-0.4, -0.2) is 9.55 Å². The highest BCUT2D eigenvalue weighted by Crippen LogP contribution is 2.41. The van der Waals surface area contributed by atoms with Crippen molar-refractivity contribution in [2.75, 3.05) is 0 Å². The molecule has 3 unspecified atom stereocenters. The summed E-state index contributed by atoms with van der Waals surface area (Å²) in [5, 5.41) is 0.608. The second-order valence-corrected chi connectivity index (χ2v) is 6.34. The molecule has 1 saturated carbocycles. The molecule has 0 spiro atoms.